The quantitative estimate of drug-likeness (QED) is 0.571. The second-order valence-corrected chi connectivity index (χ2v) is 6.77. The van der Waals surface area contributed by atoms with Gasteiger partial charge in [0.1, 0.15) is 6.17 Å². The van der Waals surface area contributed by atoms with Crippen molar-refractivity contribution in [3.8, 4) is 0 Å². The molecule has 1 heterocycles. The maximum Gasteiger partial charge on any atom is 0.418 e. The van der Waals surface area contributed by atoms with Crippen molar-refractivity contribution in [2.45, 2.75) is 12.3 Å². The molecule has 1 amide bonds. The molecule has 0 aromatic heterocycles. The Labute approximate surface area is 164 Å². The van der Waals surface area contributed by atoms with Gasteiger partial charge < -0.3 is 5.32 Å². The molecule has 1 aliphatic heterocycles. The van der Waals surface area contributed by atoms with Gasteiger partial charge in [0, 0.05) is 27.5 Å². The summed E-state index contributed by atoms with van der Waals surface area (Å²) in [5, 5.41) is 3.42. The average molecular weight is 403 g/mol. The third-order valence-electron chi connectivity index (χ3n) is 4.59. The summed E-state index contributed by atoms with van der Waals surface area (Å²) in [5.41, 5.74) is 0.706. The van der Waals surface area contributed by atoms with Crippen LogP contribution in [0.4, 0.5) is 24.5 Å². The maximum absolute atomic E-state index is 13.4. The molecule has 1 N–H and O–H groups in total. The molecule has 0 fully saturated rings. The molecule has 28 heavy (non-hydrogen) atoms. The molecule has 7 heteroatoms. The summed E-state index contributed by atoms with van der Waals surface area (Å²) in [6, 6.07) is 18.7. The third-order valence-corrected chi connectivity index (χ3v) is 4.84. The highest BCUT2D eigenvalue weighted by atomic mass is 35.5. The number of amides is 1. The number of nitrogens with zero attached hydrogens (tertiary/aromatic N) is 1. The van der Waals surface area contributed by atoms with Crippen LogP contribution in [0, 0.1) is 0 Å². The third kappa shape index (κ3) is 3.20. The monoisotopic (exact) mass is 402 g/mol. The minimum absolute atomic E-state index is 0.0940. The van der Waals surface area contributed by atoms with E-state index in [1.54, 1.807) is 48.5 Å². The van der Waals surface area contributed by atoms with E-state index in [0.717, 1.165) is 6.07 Å². The number of rotatable bonds is 3. The van der Waals surface area contributed by atoms with Gasteiger partial charge in [-0.3, -0.25) is 9.69 Å². The van der Waals surface area contributed by atoms with Crippen LogP contribution in [0.2, 0.25) is 5.02 Å². The van der Waals surface area contributed by atoms with Gasteiger partial charge in [-0.25, -0.2) is 0 Å². The van der Waals surface area contributed by atoms with Crippen molar-refractivity contribution >= 4 is 28.9 Å². The minimum atomic E-state index is -4.52. The van der Waals surface area contributed by atoms with E-state index in [9.17, 15) is 18.0 Å². The molecule has 0 bridgehead atoms. The largest absolute Gasteiger partial charge is 0.418 e. The molecular formula is C21H14ClF3N2O. The fourth-order valence-electron chi connectivity index (χ4n) is 3.33. The predicted octanol–water partition coefficient (Wildman–Crippen LogP) is 6.13. The number of benzene rings is 3. The van der Waals surface area contributed by atoms with Crippen LogP contribution in [0.15, 0.2) is 72.8 Å². The van der Waals surface area contributed by atoms with E-state index in [1.807, 2.05) is 0 Å². The molecule has 3 nitrogen and oxygen atoms in total. The molecule has 0 saturated heterocycles. The van der Waals surface area contributed by atoms with Gasteiger partial charge in [0.25, 0.3) is 5.91 Å². The molecule has 0 unspecified atom stereocenters. The highest BCUT2D eigenvalue weighted by molar-refractivity contribution is 6.30. The van der Waals surface area contributed by atoms with Crippen LogP contribution in [0.1, 0.15) is 27.7 Å². The Morgan fingerprint density at radius 2 is 1.54 bits per heavy atom. The number of para-hydroxylation sites is 1. The second-order valence-electron chi connectivity index (χ2n) is 6.33. The van der Waals surface area contributed by atoms with Crippen LogP contribution in [-0.2, 0) is 6.18 Å². The SMILES string of the molecule is O=C1c2ccccc2[C@H](Nc2ccccc2C(F)(F)F)N1c1ccc(Cl)cc1. The van der Waals surface area contributed by atoms with Crippen LogP contribution in [0.3, 0.4) is 0 Å². The van der Waals surface area contributed by atoms with Gasteiger partial charge in [-0.15, -0.1) is 0 Å². The topological polar surface area (TPSA) is 32.3 Å². The van der Waals surface area contributed by atoms with E-state index < -0.39 is 17.9 Å². The lowest BCUT2D eigenvalue weighted by Gasteiger charge is -2.28. The van der Waals surface area contributed by atoms with Crippen molar-refractivity contribution in [2.75, 3.05) is 10.2 Å². The van der Waals surface area contributed by atoms with Gasteiger partial charge in [0.2, 0.25) is 0 Å². The van der Waals surface area contributed by atoms with Crippen LogP contribution in [-0.4, -0.2) is 5.91 Å². The molecule has 0 saturated carbocycles. The van der Waals surface area contributed by atoms with E-state index in [4.69, 9.17) is 11.6 Å². The van der Waals surface area contributed by atoms with E-state index >= 15 is 0 Å². The lowest BCUT2D eigenvalue weighted by molar-refractivity contribution is -0.137. The average Bonchev–Trinajstić information content (AvgIpc) is 2.95. The van der Waals surface area contributed by atoms with Crippen LogP contribution in [0.5, 0.6) is 0 Å². The zero-order valence-electron chi connectivity index (χ0n) is 14.4. The van der Waals surface area contributed by atoms with E-state index in [1.165, 1.54) is 23.1 Å². The summed E-state index contributed by atoms with van der Waals surface area (Å²) >= 11 is 5.94. The number of halogens is 4. The Balaban J connectivity index is 1.81. The Kier molecular flexibility index (Phi) is 4.51. The smallest absolute Gasteiger partial charge is 0.361 e. The Hall–Kier alpha value is -2.99. The van der Waals surface area contributed by atoms with Crippen molar-refractivity contribution in [2.24, 2.45) is 0 Å². The number of hydrogen-bond acceptors (Lipinski definition) is 2. The summed E-state index contributed by atoms with van der Waals surface area (Å²) in [6.45, 7) is 0. The minimum Gasteiger partial charge on any atom is -0.361 e. The summed E-state index contributed by atoms with van der Waals surface area (Å²) in [4.78, 5) is 14.4. The fraction of sp³-hybridized carbons (Fsp3) is 0.0952. The standard InChI is InChI=1S/C21H14ClF3N2O/c22-13-9-11-14(12-10-13)27-19(15-5-1-2-6-16(15)20(27)28)26-18-8-4-3-7-17(18)21(23,24)25/h1-12,19,26H/t19-/m1/s1. The summed E-state index contributed by atoms with van der Waals surface area (Å²) < 4.78 is 40.3. The zero-order valence-corrected chi connectivity index (χ0v) is 15.1. The van der Waals surface area contributed by atoms with Crippen molar-refractivity contribution < 1.29 is 18.0 Å². The molecule has 1 aliphatic rings. The number of hydrogen-bond donors (Lipinski definition) is 1. The van der Waals surface area contributed by atoms with Crippen LogP contribution < -0.4 is 10.2 Å². The summed E-state index contributed by atoms with van der Waals surface area (Å²) in [5.74, 6) is -0.292. The van der Waals surface area contributed by atoms with Gasteiger partial charge in [-0.1, -0.05) is 41.9 Å². The molecule has 4 rings (SSSR count). The van der Waals surface area contributed by atoms with Crippen molar-refractivity contribution in [1.29, 1.82) is 0 Å². The number of fused-ring (bicyclic) bond motifs is 1. The van der Waals surface area contributed by atoms with E-state index in [2.05, 4.69) is 5.32 Å². The molecule has 1 atom stereocenters. The van der Waals surface area contributed by atoms with Crippen LogP contribution in [0.25, 0.3) is 0 Å². The van der Waals surface area contributed by atoms with E-state index in [0.29, 0.717) is 21.8 Å². The lowest BCUT2D eigenvalue weighted by atomic mass is 10.1. The van der Waals surface area contributed by atoms with Gasteiger partial charge in [0.15, 0.2) is 0 Å². The Morgan fingerprint density at radius 1 is 0.893 bits per heavy atom. The Bertz CT molecular complexity index is 1030. The lowest BCUT2D eigenvalue weighted by Crippen LogP contribution is -2.32. The van der Waals surface area contributed by atoms with Gasteiger partial charge in [-0.05, 0) is 42.5 Å². The molecular weight excluding hydrogens is 389 g/mol. The van der Waals surface area contributed by atoms with E-state index in [-0.39, 0.29) is 11.6 Å². The normalized spacial score (nSPS) is 16.2. The number of carbonyl (C=O) groups is 1. The zero-order chi connectivity index (χ0) is 19.9. The number of carbonyl (C=O) groups excluding carboxylic acids is 1. The fourth-order valence-corrected chi connectivity index (χ4v) is 3.46. The van der Waals surface area contributed by atoms with Crippen molar-refractivity contribution in [3.63, 3.8) is 0 Å². The molecule has 142 valence electrons. The molecule has 0 spiro atoms. The molecule has 3 aromatic carbocycles. The second kappa shape index (κ2) is 6.87. The van der Waals surface area contributed by atoms with Crippen molar-refractivity contribution in [1.82, 2.24) is 0 Å². The van der Waals surface area contributed by atoms with Gasteiger partial charge in [-0.2, -0.15) is 13.2 Å². The molecule has 3 aromatic rings. The number of anilines is 2. The summed E-state index contributed by atoms with van der Waals surface area (Å²) in [6.07, 6.45) is -5.30. The van der Waals surface area contributed by atoms with Gasteiger partial charge >= 0.3 is 6.18 Å². The molecule has 0 radical (unpaired) electrons. The number of nitrogens with one attached hydrogen (secondary N) is 1. The number of alkyl halides is 3. The first-order valence-electron chi connectivity index (χ1n) is 8.47. The van der Waals surface area contributed by atoms with Crippen LogP contribution >= 0.6 is 11.6 Å². The van der Waals surface area contributed by atoms with Gasteiger partial charge in [0.05, 0.1) is 5.56 Å². The first kappa shape index (κ1) is 18.4. The van der Waals surface area contributed by atoms with Crippen molar-refractivity contribution in [3.05, 3.63) is 94.5 Å². The first-order valence-corrected chi connectivity index (χ1v) is 8.85. The highest BCUT2D eigenvalue weighted by Gasteiger charge is 2.39. The first-order chi connectivity index (χ1) is 13.4. The predicted molar refractivity (Wildman–Crippen MR) is 103 cm³/mol. The highest BCUT2D eigenvalue weighted by Crippen LogP contribution is 2.41. The summed E-state index contributed by atoms with van der Waals surface area (Å²) in [7, 11) is 0. The molecule has 0 aliphatic carbocycles. The maximum atomic E-state index is 13.4. The Morgan fingerprint density at radius 3 is 2.25 bits per heavy atom.